The number of rotatable bonds is 2. The molecule has 1 aromatic rings. The van der Waals surface area contributed by atoms with Gasteiger partial charge in [0.25, 0.3) is 0 Å². The van der Waals surface area contributed by atoms with E-state index in [1.807, 2.05) is 6.92 Å². The zero-order valence-corrected chi connectivity index (χ0v) is 6.98. The van der Waals surface area contributed by atoms with E-state index in [4.69, 9.17) is 11.6 Å². The van der Waals surface area contributed by atoms with Crippen molar-refractivity contribution in [3.63, 3.8) is 0 Å². The molecule has 1 rings (SSSR count). The molecule has 1 aromatic heterocycles. The fourth-order valence-corrected chi connectivity index (χ4v) is 0.973. The van der Waals surface area contributed by atoms with Crippen molar-refractivity contribution in [2.24, 2.45) is 0 Å². The Bertz CT molecular complexity index is 220. The van der Waals surface area contributed by atoms with E-state index < -0.39 is 0 Å². The highest BCUT2D eigenvalue weighted by Crippen LogP contribution is 2.05. The molecule has 0 aliphatic carbocycles. The second kappa shape index (κ2) is 3.67. The maximum absolute atomic E-state index is 12.3. The van der Waals surface area contributed by atoms with Crippen molar-refractivity contribution >= 4 is 11.6 Å². The van der Waals surface area contributed by atoms with Gasteiger partial charge in [-0.2, -0.15) is 0 Å². The number of pyridine rings is 1. The minimum Gasteiger partial charge on any atom is -0.258 e. The molecule has 0 bridgehead atoms. The van der Waals surface area contributed by atoms with Crippen LogP contribution in [-0.4, -0.2) is 10.4 Å². The number of halogens is 2. The average molecular weight is 174 g/mol. The van der Waals surface area contributed by atoms with Crippen LogP contribution in [0.4, 0.5) is 4.39 Å². The summed E-state index contributed by atoms with van der Waals surface area (Å²) in [5.74, 6) is -0.309. The van der Waals surface area contributed by atoms with Crippen LogP contribution in [0.3, 0.4) is 0 Å². The van der Waals surface area contributed by atoms with E-state index in [-0.39, 0.29) is 11.2 Å². The second-order valence-electron chi connectivity index (χ2n) is 2.45. The Balaban J connectivity index is 2.66. The molecule has 0 aliphatic rings. The SMILES string of the molecule is CC(Cl)Cc1ccc(F)cn1. The van der Waals surface area contributed by atoms with Crippen LogP contribution in [0.2, 0.25) is 0 Å². The first kappa shape index (κ1) is 8.47. The first-order chi connectivity index (χ1) is 5.18. The fraction of sp³-hybridized carbons (Fsp3) is 0.375. The Morgan fingerprint density at radius 3 is 2.82 bits per heavy atom. The van der Waals surface area contributed by atoms with Crippen LogP contribution in [0.25, 0.3) is 0 Å². The van der Waals surface area contributed by atoms with Gasteiger partial charge in [-0.1, -0.05) is 0 Å². The largest absolute Gasteiger partial charge is 0.258 e. The highest BCUT2D eigenvalue weighted by Gasteiger charge is 1.99. The summed E-state index contributed by atoms with van der Waals surface area (Å²) < 4.78 is 12.3. The molecule has 1 heterocycles. The smallest absolute Gasteiger partial charge is 0.141 e. The van der Waals surface area contributed by atoms with Crippen molar-refractivity contribution in [2.45, 2.75) is 18.7 Å². The van der Waals surface area contributed by atoms with Crippen LogP contribution in [0.15, 0.2) is 18.3 Å². The first-order valence-corrected chi connectivity index (χ1v) is 3.86. The van der Waals surface area contributed by atoms with Gasteiger partial charge in [-0.05, 0) is 19.1 Å². The van der Waals surface area contributed by atoms with Gasteiger partial charge in [0.05, 0.1) is 6.20 Å². The molecular formula is C8H9ClFN. The maximum atomic E-state index is 12.3. The number of hydrogen-bond acceptors (Lipinski definition) is 1. The van der Waals surface area contributed by atoms with Gasteiger partial charge in [0.15, 0.2) is 0 Å². The summed E-state index contributed by atoms with van der Waals surface area (Å²) in [6.07, 6.45) is 1.89. The summed E-state index contributed by atoms with van der Waals surface area (Å²) in [5, 5.41) is 0.0490. The summed E-state index contributed by atoms with van der Waals surface area (Å²) in [6.45, 7) is 1.88. The van der Waals surface area contributed by atoms with Crippen molar-refractivity contribution in [1.82, 2.24) is 4.98 Å². The van der Waals surface area contributed by atoms with Crippen LogP contribution in [0.5, 0.6) is 0 Å². The minimum absolute atomic E-state index is 0.0490. The van der Waals surface area contributed by atoms with E-state index in [1.165, 1.54) is 12.3 Å². The van der Waals surface area contributed by atoms with Gasteiger partial charge in [0.2, 0.25) is 0 Å². The molecular weight excluding hydrogens is 165 g/mol. The van der Waals surface area contributed by atoms with E-state index in [1.54, 1.807) is 6.07 Å². The van der Waals surface area contributed by atoms with Gasteiger partial charge in [0, 0.05) is 17.5 Å². The van der Waals surface area contributed by atoms with E-state index in [2.05, 4.69) is 4.98 Å². The lowest BCUT2D eigenvalue weighted by Gasteiger charge is -2.00. The molecule has 0 N–H and O–H groups in total. The topological polar surface area (TPSA) is 12.9 Å². The quantitative estimate of drug-likeness (QED) is 0.626. The van der Waals surface area contributed by atoms with Crippen LogP contribution in [0, 0.1) is 5.82 Å². The molecule has 0 aliphatic heterocycles. The predicted octanol–water partition coefficient (Wildman–Crippen LogP) is 2.39. The standard InChI is InChI=1S/C8H9ClFN/c1-6(9)4-8-3-2-7(10)5-11-8/h2-3,5-6H,4H2,1H3. The molecule has 60 valence electrons. The molecule has 0 spiro atoms. The summed E-state index contributed by atoms with van der Waals surface area (Å²) >= 11 is 5.72. The first-order valence-electron chi connectivity index (χ1n) is 3.43. The van der Waals surface area contributed by atoms with E-state index >= 15 is 0 Å². The lowest BCUT2D eigenvalue weighted by Crippen LogP contribution is -1.99. The van der Waals surface area contributed by atoms with Crippen molar-refractivity contribution in [3.8, 4) is 0 Å². The zero-order chi connectivity index (χ0) is 8.27. The summed E-state index contributed by atoms with van der Waals surface area (Å²) in [5.41, 5.74) is 0.828. The Morgan fingerprint density at radius 2 is 2.36 bits per heavy atom. The summed E-state index contributed by atoms with van der Waals surface area (Å²) in [6, 6.07) is 3.04. The molecule has 1 atom stereocenters. The molecule has 0 amide bonds. The zero-order valence-electron chi connectivity index (χ0n) is 6.22. The highest BCUT2D eigenvalue weighted by atomic mass is 35.5. The number of hydrogen-bond donors (Lipinski definition) is 0. The third-order valence-corrected chi connectivity index (χ3v) is 1.43. The van der Waals surface area contributed by atoms with Crippen LogP contribution >= 0.6 is 11.6 Å². The van der Waals surface area contributed by atoms with Gasteiger partial charge in [0.1, 0.15) is 5.82 Å². The number of alkyl halides is 1. The Morgan fingerprint density at radius 1 is 1.64 bits per heavy atom. The normalized spacial score (nSPS) is 13.0. The average Bonchev–Trinajstić information content (AvgIpc) is 1.93. The Labute approximate surface area is 70.2 Å². The van der Waals surface area contributed by atoms with E-state index in [0.717, 1.165) is 5.69 Å². The molecule has 0 fully saturated rings. The third-order valence-electron chi connectivity index (χ3n) is 1.28. The predicted molar refractivity (Wildman–Crippen MR) is 43.2 cm³/mol. The van der Waals surface area contributed by atoms with Crippen molar-refractivity contribution in [2.75, 3.05) is 0 Å². The second-order valence-corrected chi connectivity index (χ2v) is 3.20. The third kappa shape index (κ3) is 2.85. The Kier molecular flexibility index (Phi) is 2.83. The van der Waals surface area contributed by atoms with Crippen LogP contribution < -0.4 is 0 Å². The molecule has 0 saturated heterocycles. The van der Waals surface area contributed by atoms with Crippen molar-refractivity contribution in [1.29, 1.82) is 0 Å². The lowest BCUT2D eigenvalue weighted by atomic mass is 10.2. The minimum atomic E-state index is -0.309. The van der Waals surface area contributed by atoms with Gasteiger partial charge < -0.3 is 0 Å². The van der Waals surface area contributed by atoms with Crippen LogP contribution in [-0.2, 0) is 6.42 Å². The number of nitrogens with zero attached hydrogens (tertiary/aromatic N) is 1. The van der Waals surface area contributed by atoms with Gasteiger partial charge in [-0.25, -0.2) is 4.39 Å². The Hall–Kier alpha value is -0.630. The molecule has 11 heavy (non-hydrogen) atoms. The van der Waals surface area contributed by atoms with Crippen LogP contribution in [0.1, 0.15) is 12.6 Å². The number of aromatic nitrogens is 1. The fourth-order valence-electron chi connectivity index (χ4n) is 0.815. The monoisotopic (exact) mass is 173 g/mol. The molecule has 1 unspecified atom stereocenters. The molecule has 0 saturated carbocycles. The van der Waals surface area contributed by atoms with Crippen molar-refractivity contribution < 1.29 is 4.39 Å². The molecule has 1 nitrogen and oxygen atoms in total. The van der Waals surface area contributed by atoms with Gasteiger partial charge >= 0.3 is 0 Å². The molecule has 3 heteroatoms. The van der Waals surface area contributed by atoms with Gasteiger partial charge in [-0.15, -0.1) is 11.6 Å². The lowest BCUT2D eigenvalue weighted by molar-refractivity contribution is 0.618. The summed E-state index contributed by atoms with van der Waals surface area (Å²) in [7, 11) is 0. The summed E-state index contributed by atoms with van der Waals surface area (Å²) in [4.78, 5) is 3.86. The van der Waals surface area contributed by atoms with E-state index in [9.17, 15) is 4.39 Å². The highest BCUT2D eigenvalue weighted by molar-refractivity contribution is 6.20. The molecule has 0 aromatic carbocycles. The van der Waals surface area contributed by atoms with Crippen molar-refractivity contribution in [3.05, 3.63) is 29.8 Å². The van der Waals surface area contributed by atoms with Gasteiger partial charge in [-0.3, -0.25) is 4.98 Å². The van der Waals surface area contributed by atoms with E-state index in [0.29, 0.717) is 6.42 Å². The maximum Gasteiger partial charge on any atom is 0.141 e. The molecule has 0 radical (unpaired) electrons.